The van der Waals surface area contributed by atoms with Gasteiger partial charge in [0.1, 0.15) is 5.82 Å². The van der Waals surface area contributed by atoms with Gasteiger partial charge in [0.05, 0.1) is 0 Å². The Bertz CT molecular complexity index is 299. The summed E-state index contributed by atoms with van der Waals surface area (Å²) in [5, 5.41) is 3.39. The molecule has 4 heteroatoms. The van der Waals surface area contributed by atoms with Gasteiger partial charge in [0.2, 0.25) is 0 Å². The average molecular weight is 255 g/mol. The van der Waals surface area contributed by atoms with Gasteiger partial charge in [-0.05, 0) is 25.6 Å². The van der Waals surface area contributed by atoms with Crippen LogP contribution in [0.3, 0.4) is 0 Å². The number of likely N-dealkylation sites (N-methyl/N-ethyl adjacent to an activating group) is 1. The van der Waals surface area contributed by atoms with Crippen LogP contribution in [0.5, 0.6) is 0 Å². The van der Waals surface area contributed by atoms with Crippen LogP contribution < -0.4 is 5.32 Å². The zero-order chi connectivity index (χ0) is 12.5. The fourth-order valence-corrected chi connectivity index (χ4v) is 2.83. The number of nitrogens with one attached hydrogen (secondary N) is 1. The number of thioether (sulfide) groups is 1. The van der Waals surface area contributed by atoms with Gasteiger partial charge < -0.3 is 9.88 Å². The Labute approximate surface area is 109 Å². The molecule has 0 saturated carbocycles. The smallest absolute Gasteiger partial charge is 0.110 e. The van der Waals surface area contributed by atoms with Crippen molar-refractivity contribution in [2.24, 2.45) is 0 Å². The van der Waals surface area contributed by atoms with E-state index in [2.05, 4.69) is 34.9 Å². The predicted octanol–water partition coefficient (Wildman–Crippen LogP) is 2.57. The molecule has 17 heavy (non-hydrogen) atoms. The molecule has 98 valence electrons. The molecule has 0 spiro atoms. The van der Waals surface area contributed by atoms with Crippen LogP contribution in [-0.2, 0) is 13.0 Å². The predicted molar refractivity (Wildman–Crippen MR) is 76.7 cm³/mol. The Morgan fingerprint density at radius 1 is 1.41 bits per heavy atom. The molecule has 1 aromatic heterocycles. The van der Waals surface area contributed by atoms with E-state index in [9.17, 15) is 0 Å². The summed E-state index contributed by atoms with van der Waals surface area (Å²) in [6.45, 7) is 5.51. The summed E-state index contributed by atoms with van der Waals surface area (Å²) in [5.41, 5.74) is 0. The Kier molecular flexibility index (Phi) is 7.37. The van der Waals surface area contributed by atoms with Crippen LogP contribution in [0.1, 0.15) is 32.5 Å². The molecule has 1 rings (SSSR count). The average Bonchev–Trinajstić information content (AvgIpc) is 2.76. The number of nitrogens with zero attached hydrogens (tertiary/aromatic N) is 2. The number of imidazole rings is 1. The van der Waals surface area contributed by atoms with Crippen molar-refractivity contribution in [1.82, 2.24) is 14.9 Å². The first-order chi connectivity index (χ1) is 8.31. The molecular weight excluding hydrogens is 230 g/mol. The third-order valence-corrected chi connectivity index (χ3v) is 4.11. The number of aromatic nitrogens is 2. The lowest BCUT2D eigenvalue weighted by atomic mass is 10.2. The van der Waals surface area contributed by atoms with Crippen molar-refractivity contribution in [2.45, 2.75) is 45.7 Å². The van der Waals surface area contributed by atoms with E-state index < -0.39 is 0 Å². The lowest BCUT2D eigenvalue weighted by Gasteiger charge is -2.16. The number of aryl methyl sites for hydroxylation is 1. The second-order valence-corrected chi connectivity index (χ2v) is 5.45. The Morgan fingerprint density at radius 3 is 2.88 bits per heavy atom. The largest absolute Gasteiger partial charge is 0.335 e. The summed E-state index contributed by atoms with van der Waals surface area (Å²) < 4.78 is 2.27. The Hall–Kier alpha value is -0.480. The van der Waals surface area contributed by atoms with Crippen molar-refractivity contribution in [3.63, 3.8) is 0 Å². The molecule has 0 aromatic carbocycles. The van der Waals surface area contributed by atoms with Gasteiger partial charge in [-0.15, -0.1) is 0 Å². The van der Waals surface area contributed by atoms with E-state index in [1.54, 1.807) is 0 Å². The quantitative estimate of drug-likeness (QED) is 0.688. The molecule has 0 aliphatic rings. The van der Waals surface area contributed by atoms with E-state index in [1.807, 2.05) is 25.0 Å². The summed E-state index contributed by atoms with van der Waals surface area (Å²) in [7, 11) is 2.05. The first-order valence-electron chi connectivity index (χ1n) is 6.56. The van der Waals surface area contributed by atoms with Crippen molar-refractivity contribution in [3.8, 4) is 0 Å². The minimum atomic E-state index is 0.532. The second-order valence-electron chi connectivity index (χ2n) is 4.30. The van der Waals surface area contributed by atoms with E-state index in [-0.39, 0.29) is 0 Å². The Balaban J connectivity index is 2.45. The van der Waals surface area contributed by atoms with Crippen LogP contribution in [-0.4, -0.2) is 34.1 Å². The molecule has 0 aliphatic heterocycles. The molecule has 1 atom stereocenters. The molecule has 0 saturated heterocycles. The lowest BCUT2D eigenvalue weighted by Crippen LogP contribution is -2.31. The first kappa shape index (κ1) is 14.6. The van der Waals surface area contributed by atoms with Gasteiger partial charge in [-0.25, -0.2) is 4.98 Å². The molecule has 0 radical (unpaired) electrons. The first-order valence-corrected chi connectivity index (χ1v) is 7.72. The van der Waals surface area contributed by atoms with E-state index in [4.69, 9.17) is 0 Å². The van der Waals surface area contributed by atoms with Crippen molar-refractivity contribution in [3.05, 3.63) is 18.2 Å². The molecule has 0 fully saturated rings. The van der Waals surface area contributed by atoms with Crippen LogP contribution in [0.15, 0.2) is 12.4 Å². The summed E-state index contributed by atoms with van der Waals surface area (Å²) in [4.78, 5) is 4.46. The highest BCUT2D eigenvalue weighted by Gasteiger charge is 2.11. The van der Waals surface area contributed by atoms with Gasteiger partial charge in [0.25, 0.3) is 0 Å². The monoisotopic (exact) mass is 255 g/mol. The third-order valence-electron chi connectivity index (χ3n) is 2.77. The van der Waals surface area contributed by atoms with Crippen LogP contribution >= 0.6 is 11.8 Å². The molecule has 1 unspecified atom stereocenters. The van der Waals surface area contributed by atoms with E-state index in [0.717, 1.165) is 19.4 Å². The van der Waals surface area contributed by atoms with E-state index in [0.29, 0.717) is 6.04 Å². The zero-order valence-corrected chi connectivity index (χ0v) is 12.1. The molecule has 0 aliphatic carbocycles. The van der Waals surface area contributed by atoms with E-state index >= 15 is 0 Å². The van der Waals surface area contributed by atoms with Crippen molar-refractivity contribution in [2.75, 3.05) is 18.6 Å². The summed E-state index contributed by atoms with van der Waals surface area (Å²) in [5.74, 6) is 3.63. The highest BCUT2D eigenvalue weighted by molar-refractivity contribution is 7.99. The van der Waals surface area contributed by atoms with Crippen LogP contribution in [0.25, 0.3) is 0 Å². The fraction of sp³-hybridized carbons (Fsp3) is 0.769. The standard InChI is InChI=1S/C13H25N3S/c1-4-7-16-8-6-15-13(16)10-12(14-3)11-17-9-5-2/h6,8,12,14H,4-5,7,9-11H2,1-3H3. The lowest BCUT2D eigenvalue weighted by molar-refractivity contribution is 0.560. The number of hydrogen-bond donors (Lipinski definition) is 1. The molecule has 0 amide bonds. The highest BCUT2D eigenvalue weighted by atomic mass is 32.2. The molecular formula is C13H25N3S. The summed E-state index contributed by atoms with van der Waals surface area (Å²) >= 11 is 2.03. The van der Waals surface area contributed by atoms with Crippen LogP contribution in [0.4, 0.5) is 0 Å². The van der Waals surface area contributed by atoms with Crippen molar-refractivity contribution < 1.29 is 0 Å². The van der Waals surface area contributed by atoms with Crippen LogP contribution in [0.2, 0.25) is 0 Å². The van der Waals surface area contributed by atoms with Gasteiger partial charge >= 0.3 is 0 Å². The fourth-order valence-electron chi connectivity index (χ4n) is 1.81. The molecule has 1 heterocycles. The SMILES string of the molecule is CCCSCC(Cc1nccn1CCC)NC. The highest BCUT2D eigenvalue weighted by Crippen LogP contribution is 2.09. The minimum Gasteiger partial charge on any atom is -0.335 e. The molecule has 1 aromatic rings. The van der Waals surface area contributed by atoms with Gasteiger partial charge in [0.15, 0.2) is 0 Å². The third kappa shape index (κ3) is 5.13. The summed E-state index contributed by atoms with van der Waals surface area (Å²) in [6, 6.07) is 0.532. The topological polar surface area (TPSA) is 29.9 Å². The maximum absolute atomic E-state index is 4.46. The van der Waals surface area contributed by atoms with Gasteiger partial charge in [0, 0.05) is 37.2 Å². The summed E-state index contributed by atoms with van der Waals surface area (Å²) in [6.07, 6.45) is 7.45. The minimum absolute atomic E-state index is 0.532. The maximum atomic E-state index is 4.46. The zero-order valence-electron chi connectivity index (χ0n) is 11.3. The van der Waals surface area contributed by atoms with Gasteiger partial charge in [-0.1, -0.05) is 13.8 Å². The van der Waals surface area contributed by atoms with Gasteiger partial charge in [-0.2, -0.15) is 11.8 Å². The van der Waals surface area contributed by atoms with Gasteiger partial charge in [-0.3, -0.25) is 0 Å². The van der Waals surface area contributed by atoms with Crippen LogP contribution in [0, 0.1) is 0 Å². The maximum Gasteiger partial charge on any atom is 0.110 e. The van der Waals surface area contributed by atoms with E-state index in [1.165, 1.54) is 23.8 Å². The van der Waals surface area contributed by atoms with Crippen molar-refractivity contribution >= 4 is 11.8 Å². The molecule has 0 bridgehead atoms. The number of hydrogen-bond acceptors (Lipinski definition) is 3. The normalized spacial score (nSPS) is 12.9. The second kappa shape index (κ2) is 8.59. The Morgan fingerprint density at radius 2 is 2.24 bits per heavy atom. The molecule has 3 nitrogen and oxygen atoms in total. The number of rotatable bonds is 9. The molecule has 1 N–H and O–H groups in total. The van der Waals surface area contributed by atoms with Crippen molar-refractivity contribution in [1.29, 1.82) is 0 Å².